The summed E-state index contributed by atoms with van der Waals surface area (Å²) >= 11 is 0. The Morgan fingerprint density at radius 3 is 2.70 bits per heavy atom. The Morgan fingerprint density at radius 2 is 2.15 bits per heavy atom. The number of hydrogen-bond donors (Lipinski definition) is 2. The molecular formula is C15H25N3O2. The molecule has 0 spiro atoms. The van der Waals surface area contributed by atoms with Gasteiger partial charge in [-0.05, 0) is 31.4 Å². The number of rotatable bonds is 8. The highest BCUT2D eigenvalue weighted by atomic mass is 16.5. The van der Waals surface area contributed by atoms with Crippen molar-refractivity contribution in [3.63, 3.8) is 0 Å². The number of aromatic nitrogens is 1. The van der Waals surface area contributed by atoms with E-state index in [1.165, 1.54) is 0 Å². The van der Waals surface area contributed by atoms with Gasteiger partial charge in [0.15, 0.2) is 6.61 Å². The first kappa shape index (κ1) is 16.4. The molecule has 0 radical (unpaired) electrons. The summed E-state index contributed by atoms with van der Waals surface area (Å²) in [4.78, 5) is 15.8. The zero-order valence-electron chi connectivity index (χ0n) is 12.6. The SMILES string of the molecule is CC(C)CCNC(=O)COc1ccc(CC(C)N)nc1. The number of nitrogens with zero attached hydrogens (tertiary/aromatic N) is 1. The Hall–Kier alpha value is -1.62. The van der Waals surface area contributed by atoms with Crippen LogP contribution >= 0.6 is 0 Å². The average molecular weight is 279 g/mol. The van der Waals surface area contributed by atoms with Crippen molar-refractivity contribution in [3.8, 4) is 5.75 Å². The van der Waals surface area contributed by atoms with Crippen LogP contribution in [0.4, 0.5) is 0 Å². The molecule has 0 bridgehead atoms. The van der Waals surface area contributed by atoms with E-state index < -0.39 is 0 Å². The van der Waals surface area contributed by atoms with Crippen LogP contribution in [0.5, 0.6) is 5.75 Å². The molecule has 1 rings (SSSR count). The summed E-state index contributed by atoms with van der Waals surface area (Å²) in [7, 11) is 0. The number of carbonyl (C=O) groups excluding carboxylic acids is 1. The summed E-state index contributed by atoms with van der Waals surface area (Å²) in [6.45, 7) is 6.89. The van der Waals surface area contributed by atoms with Gasteiger partial charge >= 0.3 is 0 Å². The standard InChI is InChI=1S/C15H25N3O2/c1-11(2)6-7-17-15(19)10-20-14-5-4-13(18-9-14)8-12(3)16/h4-5,9,11-12H,6-8,10,16H2,1-3H3,(H,17,19). The maximum Gasteiger partial charge on any atom is 0.257 e. The third kappa shape index (κ3) is 7.09. The molecule has 0 aliphatic rings. The van der Waals surface area contributed by atoms with Crippen LogP contribution in [0.15, 0.2) is 18.3 Å². The fourth-order valence-electron chi connectivity index (χ4n) is 1.65. The summed E-state index contributed by atoms with van der Waals surface area (Å²) in [5.74, 6) is 1.07. The number of pyridine rings is 1. The molecule has 1 aromatic heterocycles. The van der Waals surface area contributed by atoms with Crippen molar-refractivity contribution in [2.75, 3.05) is 13.2 Å². The van der Waals surface area contributed by atoms with Crippen LogP contribution in [0.3, 0.4) is 0 Å². The van der Waals surface area contributed by atoms with Gasteiger partial charge in [0.05, 0.1) is 6.20 Å². The Bertz CT molecular complexity index is 402. The highest BCUT2D eigenvalue weighted by Gasteiger charge is 2.04. The molecular weight excluding hydrogens is 254 g/mol. The number of nitrogens with one attached hydrogen (secondary N) is 1. The molecule has 0 aromatic carbocycles. The Labute approximate surface area is 120 Å². The van der Waals surface area contributed by atoms with E-state index in [2.05, 4.69) is 24.1 Å². The van der Waals surface area contributed by atoms with Gasteiger partial charge in [0.2, 0.25) is 0 Å². The van der Waals surface area contributed by atoms with E-state index in [1.54, 1.807) is 6.20 Å². The van der Waals surface area contributed by atoms with Gasteiger partial charge in [-0.15, -0.1) is 0 Å². The van der Waals surface area contributed by atoms with E-state index in [9.17, 15) is 4.79 Å². The summed E-state index contributed by atoms with van der Waals surface area (Å²) in [5.41, 5.74) is 6.63. The van der Waals surface area contributed by atoms with Crippen molar-refractivity contribution in [2.24, 2.45) is 11.7 Å². The van der Waals surface area contributed by atoms with Crippen molar-refractivity contribution in [3.05, 3.63) is 24.0 Å². The van der Waals surface area contributed by atoms with Gasteiger partial charge in [-0.2, -0.15) is 0 Å². The first-order chi connectivity index (χ1) is 9.47. The lowest BCUT2D eigenvalue weighted by atomic mass is 10.1. The van der Waals surface area contributed by atoms with Crippen molar-refractivity contribution >= 4 is 5.91 Å². The third-order valence-electron chi connectivity index (χ3n) is 2.74. The van der Waals surface area contributed by atoms with Gasteiger partial charge in [-0.3, -0.25) is 9.78 Å². The minimum absolute atomic E-state index is 0.0203. The molecule has 5 heteroatoms. The highest BCUT2D eigenvalue weighted by molar-refractivity contribution is 5.77. The fourth-order valence-corrected chi connectivity index (χ4v) is 1.65. The van der Waals surface area contributed by atoms with Gasteiger partial charge in [-0.25, -0.2) is 0 Å². The van der Waals surface area contributed by atoms with Gasteiger partial charge in [0, 0.05) is 24.7 Å². The molecule has 1 heterocycles. The number of amides is 1. The summed E-state index contributed by atoms with van der Waals surface area (Å²) in [6, 6.07) is 3.77. The van der Waals surface area contributed by atoms with Crippen LogP contribution in [0.2, 0.25) is 0 Å². The van der Waals surface area contributed by atoms with Crippen LogP contribution in [0, 0.1) is 5.92 Å². The van der Waals surface area contributed by atoms with Crippen LogP contribution < -0.4 is 15.8 Å². The van der Waals surface area contributed by atoms with Gasteiger partial charge in [0.25, 0.3) is 5.91 Å². The van der Waals surface area contributed by atoms with E-state index >= 15 is 0 Å². The van der Waals surface area contributed by atoms with Gasteiger partial charge in [0.1, 0.15) is 5.75 Å². The van der Waals surface area contributed by atoms with E-state index in [1.807, 2.05) is 19.1 Å². The van der Waals surface area contributed by atoms with E-state index in [0.29, 0.717) is 18.2 Å². The molecule has 0 aliphatic carbocycles. The number of hydrogen-bond acceptors (Lipinski definition) is 4. The molecule has 5 nitrogen and oxygen atoms in total. The Morgan fingerprint density at radius 1 is 1.40 bits per heavy atom. The second-order valence-corrected chi connectivity index (χ2v) is 5.49. The predicted molar refractivity (Wildman–Crippen MR) is 79.6 cm³/mol. The second kappa shape index (κ2) is 8.53. The van der Waals surface area contributed by atoms with Crippen LogP contribution in [0.25, 0.3) is 0 Å². The largest absolute Gasteiger partial charge is 0.482 e. The minimum atomic E-state index is -0.106. The molecule has 0 saturated carbocycles. The lowest BCUT2D eigenvalue weighted by molar-refractivity contribution is -0.123. The second-order valence-electron chi connectivity index (χ2n) is 5.49. The summed E-state index contributed by atoms with van der Waals surface area (Å²) < 4.78 is 5.38. The average Bonchev–Trinajstić information content (AvgIpc) is 2.37. The topological polar surface area (TPSA) is 77.2 Å². The first-order valence-corrected chi connectivity index (χ1v) is 7.07. The minimum Gasteiger partial charge on any atom is -0.482 e. The number of carbonyl (C=O) groups is 1. The van der Waals surface area contributed by atoms with Gasteiger partial charge in [-0.1, -0.05) is 13.8 Å². The van der Waals surface area contributed by atoms with Crippen LogP contribution in [-0.4, -0.2) is 30.1 Å². The van der Waals surface area contributed by atoms with Crippen molar-refractivity contribution in [1.82, 2.24) is 10.3 Å². The summed E-state index contributed by atoms with van der Waals surface area (Å²) in [6.07, 6.45) is 3.33. The lowest BCUT2D eigenvalue weighted by Crippen LogP contribution is -2.30. The first-order valence-electron chi connectivity index (χ1n) is 7.07. The summed E-state index contributed by atoms with van der Waals surface area (Å²) in [5, 5.41) is 2.82. The molecule has 0 aliphatic heterocycles. The van der Waals surface area contributed by atoms with E-state index in [-0.39, 0.29) is 18.6 Å². The number of ether oxygens (including phenoxy) is 1. The lowest BCUT2D eigenvalue weighted by Gasteiger charge is -2.09. The van der Waals surface area contributed by atoms with Crippen LogP contribution in [0.1, 0.15) is 32.9 Å². The van der Waals surface area contributed by atoms with Crippen molar-refractivity contribution in [1.29, 1.82) is 0 Å². The molecule has 1 amide bonds. The molecule has 0 fully saturated rings. The van der Waals surface area contributed by atoms with E-state index in [4.69, 9.17) is 10.5 Å². The number of nitrogens with two attached hydrogens (primary N) is 1. The monoisotopic (exact) mass is 279 g/mol. The Balaban J connectivity index is 2.29. The molecule has 1 unspecified atom stereocenters. The quantitative estimate of drug-likeness (QED) is 0.756. The maximum atomic E-state index is 11.5. The zero-order chi connectivity index (χ0) is 15.0. The van der Waals surface area contributed by atoms with Gasteiger partial charge < -0.3 is 15.8 Å². The normalized spacial score (nSPS) is 12.2. The third-order valence-corrected chi connectivity index (χ3v) is 2.74. The highest BCUT2D eigenvalue weighted by Crippen LogP contribution is 2.09. The molecule has 3 N–H and O–H groups in total. The predicted octanol–water partition coefficient (Wildman–Crippen LogP) is 1.51. The molecule has 20 heavy (non-hydrogen) atoms. The molecule has 0 saturated heterocycles. The molecule has 1 atom stereocenters. The fraction of sp³-hybridized carbons (Fsp3) is 0.600. The Kier molecular flexibility index (Phi) is 7.01. The van der Waals surface area contributed by atoms with Crippen molar-refractivity contribution < 1.29 is 9.53 Å². The smallest absolute Gasteiger partial charge is 0.257 e. The van der Waals surface area contributed by atoms with E-state index in [0.717, 1.165) is 18.5 Å². The molecule has 1 aromatic rings. The molecule has 112 valence electrons. The maximum absolute atomic E-state index is 11.5. The zero-order valence-corrected chi connectivity index (χ0v) is 12.6. The van der Waals surface area contributed by atoms with Crippen molar-refractivity contribution in [2.45, 2.75) is 39.7 Å². The van der Waals surface area contributed by atoms with Crippen LogP contribution in [-0.2, 0) is 11.2 Å².